The zero-order valence-corrected chi connectivity index (χ0v) is 17.0. The lowest BCUT2D eigenvalue weighted by atomic mass is 10.1. The van der Waals surface area contributed by atoms with Crippen LogP contribution in [0.5, 0.6) is 0 Å². The third-order valence-electron chi connectivity index (χ3n) is 5.44. The minimum Gasteiger partial charge on any atom is -0.338 e. The Hall–Kier alpha value is -2.52. The first-order valence-corrected chi connectivity index (χ1v) is 11.7. The highest BCUT2D eigenvalue weighted by Gasteiger charge is 2.36. The van der Waals surface area contributed by atoms with Crippen LogP contribution < -0.4 is 9.80 Å². The van der Waals surface area contributed by atoms with E-state index < -0.39 is 9.84 Å². The highest BCUT2D eigenvalue weighted by Crippen LogP contribution is 2.25. The van der Waals surface area contributed by atoms with Gasteiger partial charge in [0.1, 0.15) is 0 Å². The Morgan fingerprint density at radius 1 is 1.03 bits per heavy atom. The minimum atomic E-state index is -3.08. The van der Waals surface area contributed by atoms with E-state index in [0.717, 1.165) is 31.9 Å². The molecule has 0 spiro atoms. The molecule has 1 aromatic heterocycles. The fraction of sp³-hybridized carbons (Fsp3) is 0.450. The van der Waals surface area contributed by atoms with Crippen LogP contribution in [-0.4, -0.2) is 79.5 Å². The number of benzene rings is 1. The monoisotopic (exact) mass is 415 g/mol. The van der Waals surface area contributed by atoms with E-state index in [1.54, 1.807) is 23.4 Å². The quantitative estimate of drug-likeness (QED) is 0.714. The summed E-state index contributed by atoms with van der Waals surface area (Å²) in [5.74, 6) is 0.833. The number of piperazine rings is 1. The lowest BCUT2D eigenvalue weighted by molar-refractivity contribution is -0.120. The molecule has 2 aromatic rings. The number of para-hydroxylation sites is 1. The molecule has 2 fully saturated rings. The van der Waals surface area contributed by atoms with Crippen LogP contribution in [0.3, 0.4) is 0 Å². The summed E-state index contributed by atoms with van der Waals surface area (Å²) in [4.78, 5) is 27.7. The maximum absolute atomic E-state index is 13.2. The van der Waals surface area contributed by atoms with E-state index in [0.29, 0.717) is 12.4 Å². The maximum Gasteiger partial charge on any atom is 0.241 e. The first kappa shape index (κ1) is 19.8. The Balaban J connectivity index is 1.42. The summed E-state index contributed by atoms with van der Waals surface area (Å²) in [5, 5.41) is 0. The third-order valence-corrected chi connectivity index (χ3v) is 7.19. The zero-order valence-electron chi connectivity index (χ0n) is 16.2. The fourth-order valence-electron chi connectivity index (χ4n) is 3.95. The fourth-order valence-corrected chi connectivity index (χ4v) is 5.65. The summed E-state index contributed by atoms with van der Waals surface area (Å²) in [7, 11) is -3.08. The molecule has 0 N–H and O–H groups in total. The van der Waals surface area contributed by atoms with Gasteiger partial charge in [-0.15, -0.1) is 0 Å². The van der Waals surface area contributed by atoms with Crippen LogP contribution in [-0.2, 0) is 14.6 Å². The van der Waals surface area contributed by atoms with Gasteiger partial charge in [0.15, 0.2) is 9.84 Å². The number of hydrogen-bond acceptors (Lipinski definition) is 7. The largest absolute Gasteiger partial charge is 0.338 e. The molecular formula is C20H25N5O3S. The van der Waals surface area contributed by atoms with Gasteiger partial charge in [0.25, 0.3) is 0 Å². The molecule has 29 heavy (non-hydrogen) atoms. The van der Waals surface area contributed by atoms with Crippen LogP contribution in [0.15, 0.2) is 48.8 Å². The van der Waals surface area contributed by atoms with Crippen LogP contribution in [0.1, 0.15) is 6.42 Å². The number of rotatable bonds is 5. The van der Waals surface area contributed by atoms with Crippen LogP contribution in [0.25, 0.3) is 0 Å². The number of nitrogens with zero attached hydrogens (tertiary/aromatic N) is 5. The highest BCUT2D eigenvalue weighted by atomic mass is 32.2. The lowest BCUT2D eigenvalue weighted by Gasteiger charge is -2.36. The molecule has 3 heterocycles. The molecule has 9 heteroatoms. The molecule has 2 aliphatic heterocycles. The summed E-state index contributed by atoms with van der Waals surface area (Å²) in [5.41, 5.74) is 0.760. The summed E-state index contributed by atoms with van der Waals surface area (Å²) in [6.07, 6.45) is 3.94. The first-order chi connectivity index (χ1) is 14.0. The smallest absolute Gasteiger partial charge is 0.241 e. The second-order valence-corrected chi connectivity index (χ2v) is 9.70. The second kappa shape index (κ2) is 8.46. The molecule has 0 radical (unpaired) electrons. The van der Waals surface area contributed by atoms with Gasteiger partial charge >= 0.3 is 0 Å². The topological polar surface area (TPSA) is 86.7 Å². The SMILES string of the molecule is O=C(CN1CCN(c2ncccn2)CC1)N(c1ccccc1)C1CCS(=O)(=O)C1. The molecular weight excluding hydrogens is 390 g/mol. The van der Waals surface area contributed by atoms with Gasteiger partial charge in [-0.2, -0.15) is 0 Å². The number of anilines is 2. The Kier molecular flexibility index (Phi) is 5.77. The minimum absolute atomic E-state index is 0.0345. The van der Waals surface area contributed by atoms with E-state index in [2.05, 4.69) is 19.8 Å². The van der Waals surface area contributed by atoms with Crippen molar-refractivity contribution in [1.82, 2.24) is 14.9 Å². The molecule has 1 atom stereocenters. The van der Waals surface area contributed by atoms with E-state index in [-0.39, 0.29) is 30.0 Å². The predicted octanol–water partition coefficient (Wildman–Crippen LogP) is 0.819. The van der Waals surface area contributed by atoms with Gasteiger partial charge in [-0.3, -0.25) is 9.69 Å². The number of carbonyl (C=O) groups excluding carboxylic acids is 1. The molecule has 2 saturated heterocycles. The molecule has 1 aromatic carbocycles. The van der Waals surface area contributed by atoms with Crippen molar-refractivity contribution in [2.24, 2.45) is 0 Å². The van der Waals surface area contributed by atoms with Gasteiger partial charge < -0.3 is 9.80 Å². The number of sulfone groups is 1. The van der Waals surface area contributed by atoms with Crippen LogP contribution in [0, 0.1) is 0 Å². The van der Waals surface area contributed by atoms with Gasteiger partial charge in [-0.25, -0.2) is 18.4 Å². The summed E-state index contributed by atoms with van der Waals surface area (Å²) < 4.78 is 24.0. The molecule has 2 aliphatic rings. The number of carbonyl (C=O) groups is 1. The number of hydrogen-bond donors (Lipinski definition) is 0. The second-order valence-electron chi connectivity index (χ2n) is 7.47. The third kappa shape index (κ3) is 4.73. The van der Waals surface area contributed by atoms with Gasteiger partial charge in [0.05, 0.1) is 24.1 Å². The van der Waals surface area contributed by atoms with Gasteiger partial charge in [-0.1, -0.05) is 18.2 Å². The van der Waals surface area contributed by atoms with Crippen molar-refractivity contribution in [1.29, 1.82) is 0 Å². The molecule has 0 saturated carbocycles. The molecule has 1 unspecified atom stereocenters. The van der Waals surface area contributed by atoms with Crippen molar-refractivity contribution in [3.05, 3.63) is 48.8 Å². The Labute approximate surface area is 171 Å². The van der Waals surface area contributed by atoms with Crippen molar-refractivity contribution < 1.29 is 13.2 Å². The van der Waals surface area contributed by atoms with Crippen molar-refractivity contribution >= 4 is 27.4 Å². The molecule has 0 aliphatic carbocycles. The number of amides is 1. The van der Waals surface area contributed by atoms with Crippen molar-refractivity contribution in [3.8, 4) is 0 Å². The van der Waals surface area contributed by atoms with E-state index in [4.69, 9.17) is 0 Å². The summed E-state index contributed by atoms with van der Waals surface area (Å²) in [6, 6.07) is 10.9. The van der Waals surface area contributed by atoms with E-state index in [1.807, 2.05) is 30.3 Å². The van der Waals surface area contributed by atoms with E-state index in [9.17, 15) is 13.2 Å². The number of aromatic nitrogens is 2. The van der Waals surface area contributed by atoms with Gasteiger partial charge in [-0.05, 0) is 24.6 Å². The average molecular weight is 416 g/mol. The van der Waals surface area contributed by atoms with Crippen molar-refractivity contribution in [2.45, 2.75) is 12.5 Å². The van der Waals surface area contributed by atoms with E-state index in [1.165, 1.54) is 0 Å². The van der Waals surface area contributed by atoms with Gasteiger partial charge in [0, 0.05) is 44.3 Å². The predicted molar refractivity (Wildman–Crippen MR) is 112 cm³/mol. The Bertz CT molecular complexity index is 931. The molecule has 0 bridgehead atoms. The van der Waals surface area contributed by atoms with Crippen molar-refractivity contribution in [2.75, 3.05) is 54.0 Å². The molecule has 8 nitrogen and oxygen atoms in total. The maximum atomic E-state index is 13.2. The van der Waals surface area contributed by atoms with Gasteiger partial charge in [0.2, 0.25) is 11.9 Å². The van der Waals surface area contributed by atoms with Crippen LogP contribution >= 0.6 is 0 Å². The van der Waals surface area contributed by atoms with E-state index >= 15 is 0 Å². The molecule has 1 amide bonds. The average Bonchev–Trinajstić information content (AvgIpc) is 3.09. The van der Waals surface area contributed by atoms with Crippen LogP contribution in [0.2, 0.25) is 0 Å². The molecule has 4 rings (SSSR count). The zero-order chi connectivity index (χ0) is 20.3. The first-order valence-electron chi connectivity index (χ1n) is 9.84. The standard InChI is InChI=1S/C20H25N5O3S/c26-19(15-23-10-12-24(13-11-23)20-21-8-4-9-22-20)25(17-5-2-1-3-6-17)18-7-14-29(27,28)16-18/h1-6,8-9,18H,7,10-16H2. The Morgan fingerprint density at radius 3 is 2.34 bits per heavy atom. The normalized spacial score (nSPS) is 21.8. The van der Waals surface area contributed by atoms with Crippen LogP contribution in [0.4, 0.5) is 11.6 Å². The highest BCUT2D eigenvalue weighted by molar-refractivity contribution is 7.91. The lowest BCUT2D eigenvalue weighted by Crippen LogP contribution is -2.52. The Morgan fingerprint density at radius 2 is 1.72 bits per heavy atom. The van der Waals surface area contributed by atoms with Crippen molar-refractivity contribution in [3.63, 3.8) is 0 Å². The summed E-state index contributed by atoms with van der Waals surface area (Å²) >= 11 is 0. The molecule has 154 valence electrons. The summed E-state index contributed by atoms with van der Waals surface area (Å²) in [6.45, 7) is 3.24.